The third-order valence-electron chi connectivity index (χ3n) is 5.08. The quantitative estimate of drug-likeness (QED) is 0.782. The van der Waals surface area contributed by atoms with Gasteiger partial charge in [-0.05, 0) is 37.3 Å². The predicted molar refractivity (Wildman–Crippen MR) is 107 cm³/mol. The molecule has 0 bridgehead atoms. The van der Waals surface area contributed by atoms with Crippen LogP contribution in [-0.2, 0) is 16.1 Å². The minimum Gasteiger partial charge on any atom is -0.493 e. The van der Waals surface area contributed by atoms with Crippen molar-refractivity contribution >= 4 is 23.2 Å². The predicted octanol–water partition coefficient (Wildman–Crippen LogP) is 1.09. The molecule has 1 heterocycles. The number of anilines is 2. The Kier molecular flexibility index (Phi) is 5.84. The molecule has 0 aliphatic carbocycles. The largest absolute Gasteiger partial charge is 0.493 e. The molecule has 0 saturated heterocycles. The smallest absolute Gasteiger partial charge is 0.285 e. The monoisotopic (exact) mass is 384 g/mol. The van der Waals surface area contributed by atoms with E-state index in [1.165, 1.54) is 0 Å². The summed E-state index contributed by atoms with van der Waals surface area (Å²) in [5.41, 5.74) is 2.43. The number of methoxy groups -OCH3 is 2. The molecule has 1 aliphatic rings. The van der Waals surface area contributed by atoms with Gasteiger partial charge in [0, 0.05) is 5.56 Å². The summed E-state index contributed by atoms with van der Waals surface area (Å²) in [6, 6.07) is 12.8. The van der Waals surface area contributed by atoms with E-state index in [-0.39, 0.29) is 24.4 Å². The van der Waals surface area contributed by atoms with Crippen LogP contribution in [0.5, 0.6) is 11.5 Å². The highest BCUT2D eigenvalue weighted by Crippen LogP contribution is 2.29. The molecule has 3 rings (SSSR count). The number of nitrogens with one attached hydrogen (secondary N) is 2. The molecule has 0 saturated carbocycles. The lowest BCUT2D eigenvalue weighted by atomic mass is 10.1. The first-order valence-electron chi connectivity index (χ1n) is 9.18. The van der Waals surface area contributed by atoms with Crippen molar-refractivity contribution in [1.82, 2.24) is 0 Å². The van der Waals surface area contributed by atoms with Gasteiger partial charge in [-0.25, -0.2) is 0 Å². The van der Waals surface area contributed by atoms with Crippen molar-refractivity contribution in [1.29, 1.82) is 0 Å². The van der Waals surface area contributed by atoms with Gasteiger partial charge in [0.1, 0.15) is 13.1 Å². The molecule has 0 radical (unpaired) electrons. The van der Waals surface area contributed by atoms with Crippen molar-refractivity contribution in [2.75, 3.05) is 38.0 Å². The van der Waals surface area contributed by atoms with Crippen molar-refractivity contribution < 1.29 is 24.0 Å². The first-order chi connectivity index (χ1) is 13.4. The lowest BCUT2D eigenvalue weighted by Gasteiger charge is -2.32. The molecule has 2 N–H and O–H groups in total. The molecule has 0 aromatic heterocycles. The molecule has 7 nitrogen and oxygen atoms in total. The summed E-state index contributed by atoms with van der Waals surface area (Å²) in [6.07, 6.45) is 0. The Hall–Kier alpha value is -3.06. The van der Waals surface area contributed by atoms with Crippen LogP contribution in [0.3, 0.4) is 0 Å². The number of rotatable bonds is 6. The van der Waals surface area contributed by atoms with Crippen molar-refractivity contribution in [3.05, 3.63) is 48.0 Å². The number of carbonyl (C=O) groups excluding carboxylic acids is 2. The van der Waals surface area contributed by atoms with Gasteiger partial charge >= 0.3 is 0 Å². The van der Waals surface area contributed by atoms with E-state index in [0.717, 1.165) is 16.2 Å². The number of fused-ring (bicyclic) bond motifs is 1. The van der Waals surface area contributed by atoms with Gasteiger partial charge in [-0.1, -0.05) is 12.1 Å². The second-order valence-corrected chi connectivity index (χ2v) is 6.92. The van der Waals surface area contributed by atoms with Crippen LogP contribution in [0.1, 0.15) is 12.5 Å². The van der Waals surface area contributed by atoms with E-state index in [2.05, 4.69) is 5.32 Å². The lowest BCUT2D eigenvalue weighted by Crippen LogP contribution is -3.12. The Morgan fingerprint density at radius 1 is 1.18 bits per heavy atom. The molecule has 2 atom stereocenters. The summed E-state index contributed by atoms with van der Waals surface area (Å²) in [5.74, 6) is 1.06. The third-order valence-corrected chi connectivity index (χ3v) is 5.08. The Morgan fingerprint density at radius 2 is 1.89 bits per heavy atom. The maximum Gasteiger partial charge on any atom is 0.285 e. The van der Waals surface area contributed by atoms with Gasteiger partial charge in [-0.3, -0.25) is 14.5 Å². The molecule has 28 heavy (non-hydrogen) atoms. The normalized spacial score (nSPS) is 15.3. The molecule has 0 spiro atoms. The van der Waals surface area contributed by atoms with Gasteiger partial charge in [0.25, 0.3) is 5.91 Å². The summed E-state index contributed by atoms with van der Waals surface area (Å²) in [7, 11) is 5.17. The topological polar surface area (TPSA) is 72.3 Å². The minimum absolute atomic E-state index is 0.0316. The Balaban J connectivity index is 1.76. The number of benzene rings is 2. The molecule has 1 unspecified atom stereocenters. The number of hydrogen-bond acceptors (Lipinski definition) is 4. The average molecular weight is 384 g/mol. The maximum atomic E-state index is 13.1. The zero-order valence-corrected chi connectivity index (χ0v) is 16.6. The van der Waals surface area contributed by atoms with Crippen LogP contribution in [0.2, 0.25) is 0 Å². The first kappa shape index (κ1) is 19.7. The number of hydrogen-bond donors (Lipinski definition) is 2. The van der Waals surface area contributed by atoms with E-state index >= 15 is 0 Å². The molecule has 2 amide bonds. The van der Waals surface area contributed by atoms with Crippen LogP contribution in [0, 0.1) is 0 Å². The number of ether oxygens (including phenoxy) is 2. The SMILES string of the molecule is COc1ccc(C[NH+](C)[C@H](C)C(=O)N2CC(=O)Nc3ccccc32)cc1OC. The Morgan fingerprint density at radius 3 is 2.61 bits per heavy atom. The summed E-state index contributed by atoms with van der Waals surface area (Å²) in [6.45, 7) is 2.55. The average Bonchev–Trinajstić information content (AvgIpc) is 2.71. The van der Waals surface area contributed by atoms with Crippen molar-refractivity contribution in [2.45, 2.75) is 19.5 Å². The van der Waals surface area contributed by atoms with E-state index in [1.54, 1.807) is 25.2 Å². The number of likely N-dealkylation sites (N-methyl/N-ethyl adjacent to an activating group) is 1. The molecular weight excluding hydrogens is 358 g/mol. The Bertz CT molecular complexity index is 884. The number of carbonyl (C=O) groups is 2. The summed E-state index contributed by atoms with van der Waals surface area (Å²) < 4.78 is 10.6. The third kappa shape index (κ3) is 3.94. The van der Waals surface area contributed by atoms with Crippen LogP contribution >= 0.6 is 0 Å². The fourth-order valence-electron chi connectivity index (χ4n) is 3.34. The second-order valence-electron chi connectivity index (χ2n) is 6.92. The van der Waals surface area contributed by atoms with Crippen LogP contribution in [-0.4, -0.2) is 45.7 Å². The fourth-order valence-corrected chi connectivity index (χ4v) is 3.34. The van der Waals surface area contributed by atoms with E-state index in [0.29, 0.717) is 23.7 Å². The molecular formula is C21H26N3O4+. The van der Waals surface area contributed by atoms with Crippen molar-refractivity contribution in [3.8, 4) is 11.5 Å². The van der Waals surface area contributed by atoms with Gasteiger partial charge < -0.3 is 19.7 Å². The van der Waals surface area contributed by atoms with Crippen LogP contribution in [0.4, 0.5) is 11.4 Å². The zero-order chi connectivity index (χ0) is 20.3. The summed E-state index contributed by atoms with van der Waals surface area (Å²) >= 11 is 0. The first-order valence-corrected chi connectivity index (χ1v) is 9.18. The summed E-state index contributed by atoms with van der Waals surface area (Å²) in [5, 5.41) is 2.81. The highest BCUT2D eigenvalue weighted by atomic mass is 16.5. The minimum atomic E-state index is -0.327. The van der Waals surface area contributed by atoms with Crippen LogP contribution < -0.4 is 24.6 Å². The maximum absolute atomic E-state index is 13.1. The second kappa shape index (κ2) is 8.31. The van der Waals surface area contributed by atoms with Gasteiger partial charge in [0.05, 0.1) is 32.6 Å². The molecule has 1 aliphatic heterocycles. The van der Waals surface area contributed by atoms with E-state index in [4.69, 9.17) is 9.47 Å². The lowest BCUT2D eigenvalue weighted by molar-refractivity contribution is -0.908. The fraction of sp³-hybridized carbons (Fsp3) is 0.333. The molecule has 0 fully saturated rings. The van der Waals surface area contributed by atoms with E-state index in [1.807, 2.05) is 50.4 Å². The zero-order valence-electron chi connectivity index (χ0n) is 16.6. The van der Waals surface area contributed by atoms with Crippen molar-refractivity contribution in [3.63, 3.8) is 0 Å². The number of amides is 2. The number of quaternary nitrogens is 1. The van der Waals surface area contributed by atoms with Crippen LogP contribution in [0.25, 0.3) is 0 Å². The highest BCUT2D eigenvalue weighted by molar-refractivity contribution is 6.10. The van der Waals surface area contributed by atoms with Crippen molar-refractivity contribution in [2.24, 2.45) is 0 Å². The van der Waals surface area contributed by atoms with Gasteiger partial charge in [0.2, 0.25) is 5.91 Å². The summed E-state index contributed by atoms with van der Waals surface area (Å²) in [4.78, 5) is 27.7. The Labute approximate surface area is 164 Å². The molecule has 7 heteroatoms. The molecule has 2 aromatic carbocycles. The number of para-hydroxylation sites is 2. The number of nitrogens with zero attached hydrogens (tertiary/aromatic N) is 1. The molecule has 148 valence electrons. The van der Waals surface area contributed by atoms with Gasteiger partial charge in [0.15, 0.2) is 17.5 Å². The van der Waals surface area contributed by atoms with E-state index in [9.17, 15) is 9.59 Å². The standard InChI is InChI=1S/C21H25N3O4/c1-14(23(2)12-15-9-10-18(27-3)19(11-15)28-4)21(26)24-13-20(25)22-16-7-5-6-8-17(16)24/h5-11,14H,12-13H2,1-4H3,(H,22,25)/p+1/t14-/m1/s1. The molecule has 2 aromatic rings. The highest BCUT2D eigenvalue weighted by Gasteiger charge is 2.33. The van der Waals surface area contributed by atoms with Gasteiger partial charge in [-0.2, -0.15) is 0 Å². The van der Waals surface area contributed by atoms with Crippen LogP contribution in [0.15, 0.2) is 42.5 Å². The van der Waals surface area contributed by atoms with E-state index < -0.39 is 0 Å². The van der Waals surface area contributed by atoms with Gasteiger partial charge in [-0.15, -0.1) is 0 Å².